The summed E-state index contributed by atoms with van der Waals surface area (Å²) >= 11 is 0. The number of carbonyl (C=O) groups excluding carboxylic acids is 1. The number of phosphoric acid groups is 1. The van der Waals surface area contributed by atoms with E-state index in [0.717, 1.165) is 89.9 Å². The van der Waals surface area contributed by atoms with Gasteiger partial charge >= 0.3 is 7.82 Å². The van der Waals surface area contributed by atoms with E-state index in [1.165, 1.54) is 167 Å². The van der Waals surface area contributed by atoms with Crippen LogP contribution in [0.3, 0.4) is 0 Å². The van der Waals surface area contributed by atoms with Gasteiger partial charge in [0.05, 0.1) is 39.9 Å². The molecule has 0 aliphatic carbocycles. The minimum absolute atomic E-state index is 0.0479. The monoisotopic (exact) mass is 1070 g/mol. The molecule has 0 spiro atoms. The van der Waals surface area contributed by atoms with Crippen molar-refractivity contribution in [3.05, 3.63) is 85.1 Å². The molecule has 0 aromatic carbocycles. The minimum atomic E-state index is -4.37. The maximum Gasteiger partial charge on any atom is 0.472 e. The molecule has 0 heterocycles. The Hall–Kier alpha value is -2.32. The van der Waals surface area contributed by atoms with E-state index in [4.69, 9.17) is 9.05 Å². The SMILES string of the molecule is CC/C=C\C/C=C\C/C=C\C/C=C\C/C=C\CCCCCCCC(=O)NC(COP(=O)(O)OCC[N+](C)(C)C)C(O)/C=C/CC/C=C/CCCCCCCCCCCCCCCCCCCCCCCCCCCC. The summed E-state index contributed by atoms with van der Waals surface area (Å²) in [6.45, 7) is 4.68. The lowest BCUT2D eigenvalue weighted by molar-refractivity contribution is -0.870. The molecule has 0 aliphatic rings. The van der Waals surface area contributed by atoms with Gasteiger partial charge in [0.1, 0.15) is 13.2 Å². The molecule has 1 amide bonds. The Labute approximate surface area is 465 Å². The molecule has 0 saturated carbocycles. The lowest BCUT2D eigenvalue weighted by atomic mass is 10.0. The minimum Gasteiger partial charge on any atom is -0.387 e. The van der Waals surface area contributed by atoms with Gasteiger partial charge in [0.15, 0.2) is 0 Å². The van der Waals surface area contributed by atoms with Crippen LogP contribution in [0, 0.1) is 0 Å². The molecule has 0 saturated heterocycles. The van der Waals surface area contributed by atoms with Crippen molar-refractivity contribution in [2.24, 2.45) is 0 Å². The fourth-order valence-corrected chi connectivity index (χ4v) is 9.70. The Kier molecular flexibility index (Phi) is 54.7. The van der Waals surface area contributed by atoms with Gasteiger partial charge in [-0.05, 0) is 77.0 Å². The highest BCUT2D eigenvalue weighted by Gasteiger charge is 2.27. The summed E-state index contributed by atoms with van der Waals surface area (Å²) in [5.74, 6) is -0.206. The van der Waals surface area contributed by atoms with Crippen LogP contribution in [0.25, 0.3) is 0 Å². The van der Waals surface area contributed by atoms with E-state index in [2.05, 4.69) is 92.1 Å². The summed E-state index contributed by atoms with van der Waals surface area (Å²) in [5, 5.41) is 13.9. The highest BCUT2D eigenvalue weighted by atomic mass is 31.2. The van der Waals surface area contributed by atoms with Gasteiger partial charge in [-0.3, -0.25) is 13.8 Å². The van der Waals surface area contributed by atoms with Crippen molar-refractivity contribution in [2.45, 2.75) is 289 Å². The molecule has 0 rings (SSSR count). The number of unbranched alkanes of at least 4 members (excludes halogenated alkanes) is 32. The molecule has 3 unspecified atom stereocenters. The van der Waals surface area contributed by atoms with Crippen LogP contribution < -0.4 is 5.32 Å². The second kappa shape index (κ2) is 56.4. The molecule has 0 aliphatic heterocycles. The molecular formula is C66H122N2O6P+. The lowest BCUT2D eigenvalue weighted by Crippen LogP contribution is -2.45. The zero-order chi connectivity index (χ0) is 54.9. The number of amides is 1. The molecule has 3 N–H and O–H groups in total. The third kappa shape index (κ3) is 59.2. The van der Waals surface area contributed by atoms with Gasteiger partial charge < -0.3 is 19.8 Å². The predicted molar refractivity (Wildman–Crippen MR) is 327 cm³/mol. The molecule has 0 aromatic heterocycles. The topological polar surface area (TPSA) is 105 Å². The van der Waals surface area contributed by atoms with Gasteiger partial charge in [0.2, 0.25) is 5.91 Å². The molecule has 0 fully saturated rings. The normalized spacial score (nSPS) is 14.4. The average Bonchev–Trinajstić information content (AvgIpc) is 3.37. The first-order chi connectivity index (χ1) is 36.5. The van der Waals surface area contributed by atoms with Crippen LogP contribution in [0.15, 0.2) is 85.1 Å². The van der Waals surface area contributed by atoms with Gasteiger partial charge in [0.25, 0.3) is 0 Å². The summed E-state index contributed by atoms with van der Waals surface area (Å²) in [6, 6.07) is -0.881. The smallest absolute Gasteiger partial charge is 0.387 e. The van der Waals surface area contributed by atoms with Gasteiger partial charge in [0, 0.05) is 6.42 Å². The number of rotatable bonds is 57. The number of allylic oxidation sites excluding steroid dienone is 13. The largest absolute Gasteiger partial charge is 0.472 e. The third-order valence-corrected chi connectivity index (χ3v) is 14.8. The summed E-state index contributed by atoms with van der Waals surface area (Å²) in [7, 11) is 1.53. The molecule has 0 aromatic rings. The van der Waals surface area contributed by atoms with Gasteiger partial charge in [-0.1, -0.05) is 279 Å². The van der Waals surface area contributed by atoms with Crippen molar-refractivity contribution in [3.8, 4) is 0 Å². The van der Waals surface area contributed by atoms with Crippen molar-refractivity contribution in [3.63, 3.8) is 0 Å². The zero-order valence-electron chi connectivity index (χ0n) is 49.8. The van der Waals surface area contributed by atoms with E-state index in [1.54, 1.807) is 6.08 Å². The van der Waals surface area contributed by atoms with Crippen LogP contribution in [-0.2, 0) is 18.4 Å². The van der Waals surface area contributed by atoms with E-state index in [1.807, 2.05) is 27.2 Å². The van der Waals surface area contributed by atoms with E-state index < -0.39 is 20.0 Å². The van der Waals surface area contributed by atoms with Crippen LogP contribution in [0.1, 0.15) is 277 Å². The lowest BCUT2D eigenvalue weighted by Gasteiger charge is -2.25. The maximum absolute atomic E-state index is 13.0. The second-order valence-electron chi connectivity index (χ2n) is 22.4. The molecule has 9 heteroatoms. The number of phosphoric ester groups is 1. The molecule has 75 heavy (non-hydrogen) atoms. The van der Waals surface area contributed by atoms with Gasteiger partial charge in [-0.2, -0.15) is 0 Å². The van der Waals surface area contributed by atoms with Crippen LogP contribution in [0.5, 0.6) is 0 Å². The highest BCUT2D eigenvalue weighted by Crippen LogP contribution is 2.43. The fraction of sp³-hybridized carbons (Fsp3) is 0.773. The second-order valence-corrected chi connectivity index (χ2v) is 23.8. The number of aliphatic hydroxyl groups is 1. The third-order valence-electron chi connectivity index (χ3n) is 13.8. The molecular weight excluding hydrogens is 948 g/mol. The van der Waals surface area contributed by atoms with Crippen LogP contribution in [0.2, 0.25) is 0 Å². The summed E-state index contributed by atoms with van der Waals surface area (Å²) in [6.07, 6.45) is 80.0. The quantitative estimate of drug-likeness (QED) is 0.0243. The number of likely N-dealkylation sites (N-methyl/N-ethyl adjacent to an activating group) is 1. The number of nitrogens with one attached hydrogen (secondary N) is 1. The van der Waals surface area contributed by atoms with Crippen molar-refractivity contribution >= 4 is 13.7 Å². The average molecular weight is 1070 g/mol. The predicted octanol–water partition coefficient (Wildman–Crippen LogP) is 19.6. The first kappa shape index (κ1) is 72.7. The van der Waals surface area contributed by atoms with Crippen molar-refractivity contribution < 1.29 is 32.9 Å². The number of hydrogen-bond acceptors (Lipinski definition) is 5. The fourth-order valence-electron chi connectivity index (χ4n) is 8.97. The number of carbonyl (C=O) groups is 1. The molecule has 436 valence electrons. The van der Waals surface area contributed by atoms with Crippen molar-refractivity contribution in [1.82, 2.24) is 5.32 Å². The zero-order valence-corrected chi connectivity index (χ0v) is 50.7. The highest BCUT2D eigenvalue weighted by molar-refractivity contribution is 7.47. The van der Waals surface area contributed by atoms with Crippen molar-refractivity contribution in [1.29, 1.82) is 0 Å². The number of aliphatic hydroxyl groups excluding tert-OH is 1. The van der Waals surface area contributed by atoms with Crippen LogP contribution in [0.4, 0.5) is 0 Å². The first-order valence-electron chi connectivity index (χ1n) is 31.5. The van der Waals surface area contributed by atoms with Crippen molar-refractivity contribution in [2.75, 3.05) is 40.9 Å². The summed E-state index contributed by atoms with van der Waals surface area (Å²) in [4.78, 5) is 23.3. The number of hydrogen-bond donors (Lipinski definition) is 3. The number of nitrogens with zero attached hydrogens (tertiary/aromatic N) is 1. The van der Waals surface area contributed by atoms with Gasteiger partial charge in [-0.15, -0.1) is 0 Å². The van der Waals surface area contributed by atoms with E-state index in [0.29, 0.717) is 17.4 Å². The van der Waals surface area contributed by atoms with E-state index >= 15 is 0 Å². The van der Waals surface area contributed by atoms with Crippen LogP contribution in [-0.4, -0.2) is 73.4 Å². The Morgan fingerprint density at radius 2 is 0.813 bits per heavy atom. The molecule has 0 radical (unpaired) electrons. The molecule has 0 bridgehead atoms. The maximum atomic E-state index is 13.0. The van der Waals surface area contributed by atoms with E-state index in [-0.39, 0.29) is 19.1 Å². The number of quaternary nitrogens is 1. The Balaban J connectivity index is 4.19. The summed E-state index contributed by atoms with van der Waals surface area (Å²) in [5.41, 5.74) is 0. The standard InChI is InChI=1S/C66H121N2O6P/c1-6-8-10-12-14-16-18-20-22-24-26-28-29-30-31-32-33-34-35-36-37-38-40-41-43-45-47-49-51-53-55-57-59-65(69)64(63-74-75(71,72)73-62-61-68(3,4)5)67-66(70)60-58-56-54-52-50-48-46-44-42-39-27-25-23-21-19-17-15-13-11-9-7-2/h9,11,15,17,21,23,27,39,44,46,49,51,57,59,64-65,69H,6-8,10,12-14,16,18-20,22,24-26,28-38,40-43,45,47-48,50,52-56,58,60-63H2,1-5H3,(H-,67,70,71,72)/p+1/b11-9-,17-15-,23-21-,39-27-,46-44-,51-49+,59-57+. The molecule has 8 nitrogen and oxygen atoms in total. The van der Waals surface area contributed by atoms with Gasteiger partial charge in [-0.25, -0.2) is 4.57 Å². The Bertz CT molecular complexity index is 1500. The van der Waals surface area contributed by atoms with E-state index in [9.17, 15) is 19.4 Å². The molecule has 3 atom stereocenters. The summed E-state index contributed by atoms with van der Waals surface area (Å²) < 4.78 is 23.7. The first-order valence-corrected chi connectivity index (χ1v) is 33.0. The Morgan fingerprint density at radius 1 is 0.467 bits per heavy atom. The Morgan fingerprint density at radius 3 is 1.23 bits per heavy atom. The van der Waals surface area contributed by atoms with Crippen LogP contribution >= 0.6 is 7.82 Å².